The van der Waals surface area contributed by atoms with Crippen molar-refractivity contribution in [1.82, 2.24) is 0 Å². The Kier molecular flexibility index (Phi) is 4.68. The molecule has 4 aliphatic rings. The summed E-state index contributed by atoms with van der Waals surface area (Å²) in [7, 11) is 0. The van der Waals surface area contributed by atoms with Gasteiger partial charge >= 0.3 is 11.9 Å². The molecule has 30 heavy (non-hydrogen) atoms. The van der Waals surface area contributed by atoms with Gasteiger partial charge in [-0.2, -0.15) is 0 Å². The molecule has 0 aliphatic heterocycles. The first-order valence-electron chi connectivity index (χ1n) is 11.1. The second kappa shape index (κ2) is 7.26. The molecule has 156 valence electrons. The molecule has 4 heteroatoms. The number of carboxylic acid groups (broad SMARTS) is 1. The molecule has 0 radical (unpaired) electrons. The molecule has 4 saturated carbocycles. The molecule has 0 spiro atoms. The van der Waals surface area contributed by atoms with Crippen molar-refractivity contribution in [3.05, 3.63) is 64.7 Å². The Balaban J connectivity index is 1.43. The Hall–Kier alpha value is -2.62. The van der Waals surface area contributed by atoms with E-state index in [1.807, 2.05) is 6.07 Å². The van der Waals surface area contributed by atoms with Crippen molar-refractivity contribution in [3.8, 4) is 5.75 Å². The van der Waals surface area contributed by atoms with E-state index in [-0.39, 0.29) is 16.9 Å². The number of carbonyl (C=O) groups excluding carboxylic acids is 1. The fourth-order valence-corrected chi connectivity index (χ4v) is 6.78. The first-order valence-corrected chi connectivity index (χ1v) is 11.1. The van der Waals surface area contributed by atoms with Gasteiger partial charge in [0.25, 0.3) is 0 Å². The highest BCUT2D eigenvalue weighted by Gasteiger charge is 2.52. The number of carbonyl (C=O) groups is 2. The predicted molar refractivity (Wildman–Crippen MR) is 114 cm³/mol. The Morgan fingerprint density at radius 1 is 0.933 bits per heavy atom. The number of hydrogen-bond donors (Lipinski definition) is 1. The maximum Gasteiger partial charge on any atom is 0.343 e. The molecule has 4 aliphatic carbocycles. The van der Waals surface area contributed by atoms with E-state index in [9.17, 15) is 9.59 Å². The third-order valence-corrected chi connectivity index (χ3v) is 7.65. The highest BCUT2D eigenvalue weighted by atomic mass is 16.5. The normalized spacial score (nSPS) is 29.0. The minimum absolute atomic E-state index is 0.172. The fraction of sp³-hybridized carbons (Fsp3) is 0.462. The summed E-state index contributed by atoms with van der Waals surface area (Å²) in [5.41, 5.74) is 3.73. The topological polar surface area (TPSA) is 63.6 Å². The van der Waals surface area contributed by atoms with Crippen LogP contribution in [-0.2, 0) is 11.8 Å². The van der Waals surface area contributed by atoms with Gasteiger partial charge in [-0.05, 0) is 116 Å². The summed E-state index contributed by atoms with van der Waals surface area (Å²) >= 11 is 0. The molecule has 6 rings (SSSR count). The van der Waals surface area contributed by atoms with E-state index < -0.39 is 5.97 Å². The molecule has 0 amide bonds. The largest absolute Gasteiger partial charge is 0.478 e. The van der Waals surface area contributed by atoms with Crippen LogP contribution in [0.25, 0.3) is 0 Å². The lowest BCUT2D eigenvalue weighted by Gasteiger charge is -2.57. The zero-order chi connectivity index (χ0) is 20.9. The molecule has 0 unspecified atom stereocenters. The minimum atomic E-state index is -0.997. The van der Waals surface area contributed by atoms with Crippen molar-refractivity contribution in [1.29, 1.82) is 0 Å². The number of hydrogen-bond acceptors (Lipinski definition) is 3. The monoisotopic (exact) mass is 404 g/mol. The zero-order valence-corrected chi connectivity index (χ0v) is 17.4. The van der Waals surface area contributed by atoms with Crippen molar-refractivity contribution in [2.45, 2.75) is 57.3 Å². The van der Waals surface area contributed by atoms with E-state index >= 15 is 0 Å². The van der Waals surface area contributed by atoms with Crippen LogP contribution in [0.2, 0.25) is 0 Å². The lowest BCUT2D eigenvalue weighted by atomic mass is 9.47. The van der Waals surface area contributed by atoms with Crippen LogP contribution in [0.5, 0.6) is 5.75 Å². The second-order valence-electron chi connectivity index (χ2n) is 9.64. The highest BCUT2D eigenvalue weighted by molar-refractivity contribution is 5.92. The lowest BCUT2D eigenvalue weighted by molar-refractivity contribution is -0.00558. The van der Waals surface area contributed by atoms with E-state index in [4.69, 9.17) is 9.84 Å². The number of ether oxygens (including phenoxy) is 1. The molecule has 2 aromatic rings. The van der Waals surface area contributed by atoms with Crippen molar-refractivity contribution in [2.75, 3.05) is 0 Å². The van der Waals surface area contributed by atoms with Gasteiger partial charge in [-0.3, -0.25) is 0 Å². The maximum absolute atomic E-state index is 12.9. The van der Waals surface area contributed by atoms with Crippen molar-refractivity contribution >= 4 is 11.9 Å². The first kappa shape index (κ1) is 19.3. The van der Waals surface area contributed by atoms with Crippen LogP contribution in [-0.4, -0.2) is 17.0 Å². The van der Waals surface area contributed by atoms with Crippen LogP contribution in [0.1, 0.15) is 77.3 Å². The van der Waals surface area contributed by atoms with Crippen LogP contribution in [0.3, 0.4) is 0 Å². The number of benzene rings is 2. The Morgan fingerprint density at radius 3 is 2.03 bits per heavy atom. The van der Waals surface area contributed by atoms with Crippen LogP contribution in [0, 0.1) is 17.8 Å². The van der Waals surface area contributed by atoms with Gasteiger partial charge in [0.05, 0.1) is 11.1 Å². The average molecular weight is 405 g/mol. The fourth-order valence-electron chi connectivity index (χ4n) is 6.78. The minimum Gasteiger partial charge on any atom is -0.478 e. The molecule has 4 nitrogen and oxygen atoms in total. The Labute approximate surface area is 177 Å². The summed E-state index contributed by atoms with van der Waals surface area (Å²) in [5, 5.41) is 9.02. The number of esters is 1. The summed E-state index contributed by atoms with van der Waals surface area (Å²) in [6.45, 7) is 2.20. The van der Waals surface area contributed by atoms with Gasteiger partial charge in [0, 0.05) is 0 Å². The molecular weight excluding hydrogens is 376 g/mol. The third kappa shape index (κ3) is 3.32. The summed E-state index contributed by atoms with van der Waals surface area (Å²) in [4.78, 5) is 23.9. The zero-order valence-electron chi connectivity index (χ0n) is 17.4. The molecule has 4 bridgehead atoms. The van der Waals surface area contributed by atoms with Gasteiger partial charge in [0.15, 0.2) is 0 Å². The molecule has 0 heterocycles. The van der Waals surface area contributed by atoms with Gasteiger partial charge in [0.1, 0.15) is 5.75 Å². The number of aryl methyl sites for hydroxylation is 1. The van der Waals surface area contributed by atoms with E-state index in [2.05, 4.69) is 19.1 Å². The molecule has 0 aromatic heterocycles. The van der Waals surface area contributed by atoms with Crippen molar-refractivity contribution < 1.29 is 19.4 Å². The average Bonchev–Trinajstić information content (AvgIpc) is 2.72. The van der Waals surface area contributed by atoms with Crippen LogP contribution < -0.4 is 4.74 Å². The molecule has 0 saturated heterocycles. The summed E-state index contributed by atoms with van der Waals surface area (Å²) in [6, 6.07) is 12.0. The van der Waals surface area contributed by atoms with E-state index in [1.54, 1.807) is 0 Å². The SMILES string of the molecule is CCc1ccc(C(=O)Oc2ccc(C(=O)O)cc2)cc1C12CC3CC(CC(C3)C1)C2. The Bertz CT molecular complexity index is 953. The smallest absolute Gasteiger partial charge is 0.343 e. The highest BCUT2D eigenvalue weighted by Crippen LogP contribution is 2.61. The van der Waals surface area contributed by atoms with Crippen LogP contribution in [0.15, 0.2) is 42.5 Å². The van der Waals surface area contributed by atoms with E-state index in [0.717, 1.165) is 24.2 Å². The molecular formula is C26H28O4. The summed E-state index contributed by atoms with van der Waals surface area (Å²) in [6.07, 6.45) is 8.96. The maximum atomic E-state index is 12.9. The quantitative estimate of drug-likeness (QED) is 0.518. The van der Waals surface area contributed by atoms with E-state index in [1.165, 1.54) is 73.9 Å². The van der Waals surface area contributed by atoms with Crippen molar-refractivity contribution in [3.63, 3.8) is 0 Å². The molecule has 4 fully saturated rings. The van der Waals surface area contributed by atoms with Crippen molar-refractivity contribution in [2.24, 2.45) is 17.8 Å². The Morgan fingerprint density at radius 2 is 1.50 bits per heavy atom. The number of aromatic carboxylic acids is 1. The van der Waals surface area contributed by atoms with E-state index in [0.29, 0.717) is 11.3 Å². The predicted octanol–water partition coefficient (Wildman–Crippen LogP) is 5.63. The van der Waals surface area contributed by atoms with Gasteiger partial charge < -0.3 is 9.84 Å². The summed E-state index contributed by atoms with van der Waals surface area (Å²) in [5.74, 6) is 1.54. The lowest BCUT2D eigenvalue weighted by Crippen LogP contribution is -2.49. The third-order valence-electron chi connectivity index (χ3n) is 7.65. The van der Waals surface area contributed by atoms with Gasteiger partial charge in [-0.1, -0.05) is 13.0 Å². The summed E-state index contributed by atoms with van der Waals surface area (Å²) < 4.78 is 5.55. The number of rotatable bonds is 5. The van der Waals surface area contributed by atoms with Crippen LogP contribution >= 0.6 is 0 Å². The van der Waals surface area contributed by atoms with Gasteiger partial charge in [-0.15, -0.1) is 0 Å². The standard InChI is InChI=1S/C26H28O4/c1-2-19-3-4-21(25(29)30-22-7-5-20(6-8-22)24(27)28)12-23(19)26-13-16-9-17(14-26)11-18(10-16)15-26/h3-8,12,16-18H,2,9-11,13-15H2,1H3,(H,27,28). The molecule has 2 aromatic carbocycles. The second-order valence-corrected chi connectivity index (χ2v) is 9.64. The van der Waals surface area contributed by atoms with Gasteiger partial charge in [-0.25, -0.2) is 9.59 Å². The molecule has 0 atom stereocenters. The molecule has 1 N–H and O–H groups in total. The first-order chi connectivity index (χ1) is 14.5. The number of carboxylic acids is 1. The van der Waals surface area contributed by atoms with Gasteiger partial charge in [0.2, 0.25) is 0 Å². The van der Waals surface area contributed by atoms with Crippen LogP contribution in [0.4, 0.5) is 0 Å².